The second-order valence-electron chi connectivity index (χ2n) is 6.28. The van der Waals surface area contributed by atoms with Crippen LogP contribution in [0.5, 0.6) is 0 Å². The van der Waals surface area contributed by atoms with E-state index in [9.17, 15) is 14.9 Å². The number of fused-ring (bicyclic) bond motifs is 1. The number of nitrogens with zero attached hydrogens (tertiary/aromatic N) is 3. The van der Waals surface area contributed by atoms with E-state index >= 15 is 0 Å². The number of carbonyl (C=O) groups is 1. The molecule has 1 aromatic heterocycles. The van der Waals surface area contributed by atoms with Crippen molar-refractivity contribution in [3.8, 4) is 0 Å². The molecule has 0 unspecified atom stereocenters. The molecule has 2 aromatic carbocycles. The highest BCUT2D eigenvalue weighted by molar-refractivity contribution is 5.98. The summed E-state index contributed by atoms with van der Waals surface area (Å²) in [7, 11) is 3.36. The molecule has 0 fully saturated rings. The summed E-state index contributed by atoms with van der Waals surface area (Å²) in [6, 6.07) is 15.9. The van der Waals surface area contributed by atoms with Gasteiger partial charge in [0, 0.05) is 31.6 Å². The van der Waals surface area contributed by atoms with Crippen molar-refractivity contribution in [2.75, 3.05) is 14.1 Å². The van der Waals surface area contributed by atoms with E-state index in [1.165, 1.54) is 17.0 Å². The Bertz CT molecular complexity index is 1020. The Labute approximate surface area is 151 Å². The summed E-state index contributed by atoms with van der Waals surface area (Å²) in [6.45, 7) is 1.93. The standard InChI is InChI=1S/C20H19N3O3/c1-14(11-15-7-5-4-6-8-15)19-13-16-12-17(23(25)26)9-10-18(16)22(19)20(24)21(2)3/h4-13H,1-3H3/b14-11+. The van der Waals surface area contributed by atoms with Gasteiger partial charge in [0.1, 0.15) is 0 Å². The third kappa shape index (κ3) is 3.21. The third-order valence-electron chi connectivity index (χ3n) is 4.16. The number of amides is 1. The number of aromatic nitrogens is 1. The average molecular weight is 349 g/mol. The SMILES string of the molecule is C/C(=C\c1ccccc1)c1cc2cc([N+](=O)[O-])ccc2n1C(=O)N(C)C. The van der Waals surface area contributed by atoms with Crippen LogP contribution in [0.1, 0.15) is 18.2 Å². The first kappa shape index (κ1) is 17.4. The van der Waals surface area contributed by atoms with Crippen molar-refractivity contribution in [3.05, 3.63) is 76.0 Å². The molecule has 0 N–H and O–H groups in total. The Hall–Kier alpha value is -3.41. The summed E-state index contributed by atoms with van der Waals surface area (Å²) in [5, 5.41) is 11.7. The van der Waals surface area contributed by atoms with Crippen LogP contribution in [0.2, 0.25) is 0 Å². The third-order valence-corrected chi connectivity index (χ3v) is 4.16. The number of hydrogen-bond acceptors (Lipinski definition) is 3. The molecule has 6 heteroatoms. The molecule has 0 aliphatic rings. The lowest BCUT2D eigenvalue weighted by atomic mass is 10.1. The van der Waals surface area contributed by atoms with Crippen LogP contribution in [0.15, 0.2) is 54.6 Å². The Kier molecular flexibility index (Phi) is 4.58. The number of hydrogen-bond donors (Lipinski definition) is 0. The van der Waals surface area contributed by atoms with Crippen molar-refractivity contribution in [3.63, 3.8) is 0 Å². The quantitative estimate of drug-likeness (QED) is 0.511. The zero-order valence-corrected chi connectivity index (χ0v) is 14.8. The Morgan fingerprint density at radius 1 is 1.12 bits per heavy atom. The lowest BCUT2D eigenvalue weighted by Gasteiger charge is -2.15. The first-order chi connectivity index (χ1) is 12.4. The van der Waals surface area contributed by atoms with Gasteiger partial charge in [0.15, 0.2) is 0 Å². The van der Waals surface area contributed by atoms with Crippen LogP contribution in [0.4, 0.5) is 10.5 Å². The van der Waals surface area contributed by atoms with Gasteiger partial charge >= 0.3 is 6.03 Å². The molecule has 0 atom stereocenters. The normalized spacial score (nSPS) is 11.6. The molecule has 0 aliphatic heterocycles. The minimum atomic E-state index is -0.434. The number of non-ortho nitro benzene ring substituents is 1. The smallest absolute Gasteiger partial charge is 0.328 e. The van der Waals surface area contributed by atoms with Crippen LogP contribution in [0.3, 0.4) is 0 Å². The van der Waals surface area contributed by atoms with Crippen LogP contribution in [0.25, 0.3) is 22.6 Å². The molecule has 6 nitrogen and oxygen atoms in total. The molecule has 26 heavy (non-hydrogen) atoms. The van der Waals surface area contributed by atoms with Gasteiger partial charge in [-0.1, -0.05) is 30.3 Å². The zero-order chi connectivity index (χ0) is 18.8. The van der Waals surface area contributed by atoms with E-state index < -0.39 is 4.92 Å². The van der Waals surface area contributed by atoms with Gasteiger partial charge in [0.05, 0.1) is 16.1 Å². The maximum atomic E-state index is 12.7. The van der Waals surface area contributed by atoms with Crippen molar-refractivity contribution in [2.45, 2.75) is 6.92 Å². The number of nitro groups is 1. The molecule has 3 rings (SSSR count). The van der Waals surface area contributed by atoms with Crippen LogP contribution >= 0.6 is 0 Å². The van der Waals surface area contributed by atoms with Gasteiger partial charge in [0.25, 0.3) is 5.69 Å². The first-order valence-electron chi connectivity index (χ1n) is 8.14. The van der Waals surface area contributed by atoms with Gasteiger partial charge in [-0.25, -0.2) is 4.79 Å². The molecular weight excluding hydrogens is 330 g/mol. The number of allylic oxidation sites excluding steroid dienone is 1. The molecule has 0 aliphatic carbocycles. The second kappa shape index (κ2) is 6.84. The summed E-state index contributed by atoms with van der Waals surface area (Å²) >= 11 is 0. The fraction of sp³-hybridized carbons (Fsp3) is 0.150. The van der Waals surface area contributed by atoms with E-state index in [4.69, 9.17) is 0 Å². The van der Waals surface area contributed by atoms with Crippen LogP contribution in [-0.2, 0) is 0 Å². The molecular formula is C20H19N3O3. The van der Waals surface area contributed by atoms with Gasteiger partial charge in [-0.2, -0.15) is 0 Å². The summed E-state index contributed by atoms with van der Waals surface area (Å²) < 4.78 is 1.59. The second-order valence-corrected chi connectivity index (χ2v) is 6.28. The first-order valence-corrected chi connectivity index (χ1v) is 8.14. The zero-order valence-electron chi connectivity index (χ0n) is 14.8. The molecule has 0 radical (unpaired) electrons. The molecule has 1 amide bonds. The van der Waals surface area contributed by atoms with Gasteiger partial charge in [-0.3, -0.25) is 14.7 Å². The highest BCUT2D eigenvalue weighted by Gasteiger charge is 2.19. The molecule has 0 saturated heterocycles. The summed E-state index contributed by atoms with van der Waals surface area (Å²) in [5.74, 6) is 0. The number of nitro benzene ring substituents is 1. The fourth-order valence-corrected chi connectivity index (χ4v) is 2.89. The van der Waals surface area contributed by atoms with Gasteiger partial charge in [-0.05, 0) is 36.3 Å². The van der Waals surface area contributed by atoms with Crippen LogP contribution in [-0.4, -0.2) is 34.5 Å². The van der Waals surface area contributed by atoms with Crippen LogP contribution in [0, 0.1) is 10.1 Å². The Morgan fingerprint density at radius 2 is 1.81 bits per heavy atom. The van der Waals surface area contributed by atoms with Gasteiger partial charge in [-0.15, -0.1) is 0 Å². The van der Waals surface area contributed by atoms with Crippen molar-refractivity contribution in [1.29, 1.82) is 0 Å². The highest BCUT2D eigenvalue weighted by Crippen LogP contribution is 2.29. The largest absolute Gasteiger partial charge is 0.330 e. The van der Waals surface area contributed by atoms with E-state index in [1.807, 2.05) is 49.4 Å². The Balaban J connectivity index is 2.22. The van der Waals surface area contributed by atoms with E-state index in [0.29, 0.717) is 16.6 Å². The van der Waals surface area contributed by atoms with E-state index in [2.05, 4.69) is 0 Å². The number of carbonyl (C=O) groups excluding carboxylic acids is 1. The number of rotatable bonds is 3. The van der Waals surface area contributed by atoms with Crippen molar-refractivity contribution in [1.82, 2.24) is 9.47 Å². The predicted octanol–water partition coefficient (Wildman–Crippen LogP) is 4.64. The molecule has 0 bridgehead atoms. The Morgan fingerprint density at radius 3 is 2.42 bits per heavy atom. The topological polar surface area (TPSA) is 68.4 Å². The minimum Gasteiger partial charge on any atom is -0.330 e. The van der Waals surface area contributed by atoms with Crippen molar-refractivity contribution in [2.24, 2.45) is 0 Å². The molecule has 132 valence electrons. The van der Waals surface area contributed by atoms with Gasteiger partial charge in [0.2, 0.25) is 0 Å². The fourth-order valence-electron chi connectivity index (χ4n) is 2.89. The van der Waals surface area contributed by atoms with E-state index in [0.717, 1.165) is 11.1 Å². The van der Waals surface area contributed by atoms with E-state index in [-0.39, 0.29) is 11.7 Å². The summed E-state index contributed by atoms with van der Waals surface area (Å²) in [5.41, 5.74) is 3.27. The van der Waals surface area contributed by atoms with Crippen LogP contribution < -0.4 is 0 Å². The van der Waals surface area contributed by atoms with Gasteiger partial charge < -0.3 is 4.90 Å². The highest BCUT2D eigenvalue weighted by atomic mass is 16.6. The monoisotopic (exact) mass is 349 g/mol. The predicted molar refractivity (Wildman–Crippen MR) is 103 cm³/mol. The molecule has 1 heterocycles. The lowest BCUT2D eigenvalue weighted by Crippen LogP contribution is -2.28. The summed E-state index contributed by atoms with van der Waals surface area (Å²) in [6.07, 6.45) is 1.99. The maximum absolute atomic E-state index is 12.7. The van der Waals surface area contributed by atoms with Crippen molar-refractivity contribution < 1.29 is 9.72 Å². The van der Waals surface area contributed by atoms with Crippen molar-refractivity contribution >= 4 is 34.3 Å². The molecule has 3 aromatic rings. The molecule has 0 saturated carbocycles. The maximum Gasteiger partial charge on any atom is 0.328 e. The van der Waals surface area contributed by atoms with E-state index in [1.54, 1.807) is 24.7 Å². The minimum absolute atomic E-state index is 0.00296. The summed E-state index contributed by atoms with van der Waals surface area (Å²) in [4.78, 5) is 24.9. The lowest BCUT2D eigenvalue weighted by molar-refractivity contribution is -0.384. The average Bonchev–Trinajstić information content (AvgIpc) is 3.00. The number of benzene rings is 2. The molecule has 0 spiro atoms.